The SMILES string of the molecule is Cc1cc2ncc(CCCNS(=O)(=O)c3ccccc3)cn2n1. The first kappa shape index (κ1) is 15.6. The van der Waals surface area contributed by atoms with Crippen LogP contribution in [0.15, 0.2) is 53.7 Å². The normalized spacial score (nSPS) is 11.9. The molecular formula is C16H18N4O2S. The molecule has 0 saturated carbocycles. The summed E-state index contributed by atoms with van der Waals surface area (Å²) in [6, 6.07) is 10.3. The van der Waals surface area contributed by atoms with Crippen LogP contribution in [0.5, 0.6) is 0 Å². The van der Waals surface area contributed by atoms with Gasteiger partial charge in [0.15, 0.2) is 5.65 Å². The molecule has 0 aliphatic carbocycles. The highest BCUT2D eigenvalue weighted by molar-refractivity contribution is 7.89. The van der Waals surface area contributed by atoms with E-state index >= 15 is 0 Å². The van der Waals surface area contributed by atoms with Gasteiger partial charge in [-0.1, -0.05) is 18.2 Å². The quantitative estimate of drug-likeness (QED) is 0.701. The number of aryl methyl sites for hydroxylation is 2. The van der Waals surface area contributed by atoms with E-state index in [0.717, 1.165) is 23.3 Å². The zero-order chi connectivity index (χ0) is 16.3. The molecule has 0 radical (unpaired) electrons. The second-order valence-electron chi connectivity index (χ2n) is 5.37. The number of fused-ring (bicyclic) bond motifs is 1. The van der Waals surface area contributed by atoms with E-state index in [0.29, 0.717) is 13.0 Å². The molecule has 0 amide bonds. The first-order valence-electron chi connectivity index (χ1n) is 7.40. The molecule has 2 aromatic heterocycles. The summed E-state index contributed by atoms with van der Waals surface area (Å²) in [6.07, 6.45) is 5.17. The lowest BCUT2D eigenvalue weighted by molar-refractivity contribution is 0.579. The summed E-state index contributed by atoms with van der Waals surface area (Å²) >= 11 is 0. The summed E-state index contributed by atoms with van der Waals surface area (Å²) in [5, 5.41) is 4.32. The highest BCUT2D eigenvalue weighted by atomic mass is 32.2. The maximum Gasteiger partial charge on any atom is 0.240 e. The highest BCUT2D eigenvalue weighted by Gasteiger charge is 2.12. The fourth-order valence-corrected chi connectivity index (χ4v) is 3.44. The molecule has 0 aliphatic rings. The minimum atomic E-state index is -3.43. The lowest BCUT2D eigenvalue weighted by atomic mass is 10.2. The maximum absolute atomic E-state index is 12.1. The van der Waals surface area contributed by atoms with Crippen LogP contribution in [0.4, 0.5) is 0 Å². The van der Waals surface area contributed by atoms with E-state index in [-0.39, 0.29) is 4.90 Å². The second-order valence-corrected chi connectivity index (χ2v) is 7.13. The van der Waals surface area contributed by atoms with E-state index in [9.17, 15) is 8.42 Å². The Bertz CT molecular complexity index is 904. The molecule has 0 atom stereocenters. The molecule has 0 aliphatic heterocycles. The van der Waals surface area contributed by atoms with Crippen molar-refractivity contribution in [2.45, 2.75) is 24.7 Å². The van der Waals surface area contributed by atoms with Gasteiger partial charge in [-0.3, -0.25) is 0 Å². The molecule has 1 aromatic carbocycles. The van der Waals surface area contributed by atoms with Gasteiger partial charge >= 0.3 is 0 Å². The van der Waals surface area contributed by atoms with E-state index in [1.165, 1.54) is 0 Å². The van der Waals surface area contributed by atoms with Gasteiger partial charge in [-0.15, -0.1) is 0 Å². The molecule has 23 heavy (non-hydrogen) atoms. The summed E-state index contributed by atoms with van der Waals surface area (Å²) in [5.74, 6) is 0. The number of aromatic nitrogens is 3. The number of nitrogens with zero attached hydrogens (tertiary/aromatic N) is 3. The van der Waals surface area contributed by atoms with Crippen LogP contribution in [0, 0.1) is 6.92 Å². The minimum Gasteiger partial charge on any atom is -0.237 e. The third-order valence-corrected chi connectivity index (χ3v) is 4.95. The Hall–Kier alpha value is -2.25. The maximum atomic E-state index is 12.1. The standard InChI is InChI=1S/C16H18N4O2S/c1-13-10-16-17-11-14(12-20(16)19-13)6-5-9-18-23(21,22)15-7-3-2-4-8-15/h2-4,7-8,10-12,18H,5-6,9H2,1H3. The Morgan fingerprint density at radius 3 is 2.78 bits per heavy atom. The molecule has 0 unspecified atom stereocenters. The lowest BCUT2D eigenvalue weighted by Crippen LogP contribution is -2.25. The Morgan fingerprint density at radius 2 is 2.00 bits per heavy atom. The second kappa shape index (κ2) is 6.47. The third kappa shape index (κ3) is 3.75. The molecule has 7 heteroatoms. The fraction of sp³-hybridized carbons (Fsp3) is 0.250. The molecule has 0 spiro atoms. The van der Waals surface area contributed by atoms with Gasteiger partial charge in [-0.2, -0.15) is 5.10 Å². The van der Waals surface area contributed by atoms with Crippen molar-refractivity contribution in [1.82, 2.24) is 19.3 Å². The number of sulfonamides is 1. The van der Waals surface area contributed by atoms with Crippen LogP contribution in [0.1, 0.15) is 17.7 Å². The molecule has 0 fully saturated rings. The minimum absolute atomic E-state index is 0.287. The molecule has 0 saturated heterocycles. The summed E-state index contributed by atoms with van der Waals surface area (Å²) < 4.78 is 28.5. The smallest absolute Gasteiger partial charge is 0.237 e. The predicted molar refractivity (Wildman–Crippen MR) is 87.7 cm³/mol. The molecule has 1 N–H and O–H groups in total. The number of hydrogen-bond donors (Lipinski definition) is 1. The van der Waals surface area contributed by atoms with Crippen LogP contribution < -0.4 is 4.72 Å². The molecule has 0 bridgehead atoms. The third-order valence-electron chi connectivity index (χ3n) is 3.48. The number of nitrogens with one attached hydrogen (secondary N) is 1. The van der Waals surface area contributed by atoms with Gasteiger partial charge in [0.25, 0.3) is 0 Å². The zero-order valence-electron chi connectivity index (χ0n) is 12.8. The number of benzene rings is 1. The monoisotopic (exact) mass is 330 g/mol. The van der Waals surface area contributed by atoms with Crippen molar-refractivity contribution in [3.8, 4) is 0 Å². The van der Waals surface area contributed by atoms with Crippen LogP contribution in [0.2, 0.25) is 0 Å². The van der Waals surface area contributed by atoms with E-state index < -0.39 is 10.0 Å². The Labute approximate surface area is 135 Å². The van der Waals surface area contributed by atoms with Gasteiger partial charge in [-0.25, -0.2) is 22.6 Å². The van der Waals surface area contributed by atoms with Gasteiger partial charge in [0.05, 0.1) is 10.6 Å². The van der Waals surface area contributed by atoms with Crippen LogP contribution >= 0.6 is 0 Å². The topological polar surface area (TPSA) is 76.4 Å². The first-order valence-corrected chi connectivity index (χ1v) is 8.88. The Balaban J connectivity index is 1.56. The number of rotatable bonds is 6. The van der Waals surface area contributed by atoms with Gasteiger partial charge < -0.3 is 0 Å². The van der Waals surface area contributed by atoms with Gasteiger partial charge in [0, 0.05) is 25.0 Å². The van der Waals surface area contributed by atoms with Crippen molar-refractivity contribution in [3.63, 3.8) is 0 Å². The van der Waals surface area contributed by atoms with Crippen molar-refractivity contribution < 1.29 is 8.42 Å². The highest BCUT2D eigenvalue weighted by Crippen LogP contribution is 2.09. The average molecular weight is 330 g/mol. The van der Waals surface area contributed by atoms with E-state index in [1.807, 2.05) is 25.4 Å². The first-order chi connectivity index (χ1) is 11.0. The van der Waals surface area contributed by atoms with Gasteiger partial charge in [0.1, 0.15) is 0 Å². The molecule has 2 heterocycles. The molecular weight excluding hydrogens is 312 g/mol. The van der Waals surface area contributed by atoms with Crippen LogP contribution in [-0.4, -0.2) is 29.6 Å². The number of hydrogen-bond acceptors (Lipinski definition) is 4. The van der Waals surface area contributed by atoms with Crippen molar-refractivity contribution >= 4 is 15.7 Å². The van der Waals surface area contributed by atoms with Crippen molar-refractivity contribution in [2.75, 3.05) is 6.54 Å². The largest absolute Gasteiger partial charge is 0.240 e. The van der Waals surface area contributed by atoms with Gasteiger partial charge in [-0.05, 0) is 37.5 Å². The molecule has 3 aromatic rings. The predicted octanol–water partition coefficient (Wildman–Crippen LogP) is 1.95. The van der Waals surface area contributed by atoms with Crippen LogP contribution in [-0.2, 0) is 16.4 Å². The molecule has 6 nitrogen and oxygen atoms in total. The average Bonchev–Trinajstić information content (AvgIpc) is 2.92. The van der Waals surface area contributed by atoms with Gasteiger partial charge in [0.2, 0.25) is 10.0 Å². The van der Waals surface area contributed by atoms with Crippen LogP contribution in [0.25, 0.3) is 5.65 Å². The Morgan fingerprint density at radius 1 is 1.22 bits per heavy atom. The van der Waals surface area contributed by atoms with Crippen molar-refractivity contribution in [3.05, 3.63) is 60.0 Å². The Kier molecular flexibility index (Phi) is 4.40. The van der Waals surface area contributed by atoms with Crippen molar-refractivity contribution in [2.24, 2.45) is 0 Å². The molecule has 3 rings (SSSR count). The van der Waals surface area contributed by atoms with E-state index in [4.69, 9.17) is 0 Å². The van der Waals surface area contributed by atoms with Crippen LogP contribution in [0.3, 0.4) is 0 Å². The summed E-state index contributed by atoms with van der Waals surface area (Å²) in [5.41, 5.74) is 2.76. The molecule has 120 valence electrons. The lowest BCUT2D eigenvalue weighted by Gasteiger charge is -2.06. The zero-order valence-corrected chi connectivity index (χ0v) is 13.6. The van der Waals surface area contributed by atoms with Crippen molar-refractivity contribution in [1.29, 1.82) is 0 Å². The van der Waals surface area contributed by atoms with E-state index in [2.05, 4.69) is 14.8 Å². The van der Waals surface area contributed by atoms with E-state index in [1.54, 1.807) is 34.8 Å². The summed E-state index contributed by atoms with van der Waals surface area (Å²) in [6.45, 7) is 2.31. The summed E-state index contributed by atoms with van der Waals surface area (Å²) in [4.78, 5) is 4.63. The fourth-order valence-electron chi connectivity index (χ4n) is 2.35. The summed E-state index contributed by atoms with van der Waals surface area (Å²) in [7, 11) is -3.43.